The van der Waals surface area contributed by atoms with Crippen molar-refractivity contribution in [2.45, 2.75) is 13.8 Å². The van der Waals surface area contributed by atoms with Crippen LogP contribution in [0.5, 0.6) is 0 Å². The molecule has 1 amide bonds. The highest BCUT2D eigenvalue weighted by atomic mass is 19.1. The van der Waals surface area contributed by atoms with Gasteiger partial charge in [0.05, 0.1) is 5.69 Å². The molecular formula is C18H23FN4O. The van der Waals surface area contributed by atoms with E-state index < -0.39 is 0 Å². The topological polar surface area (TPSA) is 41.4 Å². The summed E-state index contributed by atoms with van der Waals surface area (Å²) in [4.78, 5) is 16.8. The zero-order chi connectivity index (χ0) is 17.3. The Morgan fingerprint density at radius 2 is 1.92 bits per heavy atom. The Labute approximate surface area is 141 Å². The number of aromatic nitrogens is 2. The van der Waals surface area contributed by atoms with E-state index in [9.17, 15) is 9.18 Å². The van der Waals surface area contributed by atoms with E-state index in [0.29, 0.717) is 30.0 Å². The van der Waals surface area contributed by atoms with Crippen LogP contribution in [0.4, 0.5) is 4.39 Å². The van der Waals surface area contributed by atoms with E-state index in [-0.39, 0.29) is 11.7 Å². The quantitative estimate of drug-likeness (QED) is 0.867. The lowest BCUT2D eigenvalue weighted by Gasteiger charge is -2.33. The van der Waals surface area contributed by atoms with Crippen molar-refractivity contribution in [2.75, 3.05) is 32.7 Å². The molecule has 1 aromatic heterocycles. The molecule has 2 heterocycles. The first kappa shape index (κ1) is 16.6. The second-order valence-electron chi connectivity index (χ2n) is 6.25. The van der Waals surface area contributed by atoms with Gasteiger partial charge < -0.3 is 9.80 Å². The van der Waals surface area contributed by atoms with Gasteiger partial charge in [-0.2, -0.15) is 5.10 Å². The molecule has 6 heteroatoms. The molecule has 5 nitrogen and oxygen atoms in total. The number of amides is 1. The fourth-order valence-corrected chi connectivity index (χ4v) is 3.09. The average Bonchev–Trinajstić information content (AvgIpc) is 2.98. The summed E-state index contributed by atoms with van der Waals surface area (Å²) in [5.74, 6) is -0.389. The summed E-state index contributed by atoms with van der Waals surface area (Å²) in [6.07, 6.45) is 0. The number of piperazine rings is 1. The average molecular weight is 330 g/mol. The number of likely N-dealkylation sites (N-methyl/N-ethyl adjacent to an activating group) is 1. The number of halogens is 1. The van der Waals surface area contributed by atoms with Crippen molar-refractivity contribution in [1.29, 1.82) is 0 Å². The van der Waals surface area contributed by atoms with Gasteiger partial charge >= 0.3 is 0 Å². The van der Waals surface area contributed by atoms with Gasteiger partial charge in [-0.05, 0) is 31.7 Å². The molecule has 0 saturated carbocycles. The molecule has 1 aliphatic heterocycles. The highest BCUT2D eigenvalue weighted by molar-refractivity contribution is 5.93. The number of hydrogen-bond acceptors (Lipinski definition) is 3. The number of aryl methyl sites for hydroxylation is 2. The normalized spacial score (nSPS) is 15.8. The van der Waals surface area contributed by atoms with E-state index in [1.54, 1.807) is 29.9 Å². The predicted molar refractivity (Wildman–Crippen MR) is 91.4 cm³/mol. The third kappa shape index (κ3) is 3.19. The molecule has 0 spiro atoms. The minimum atomic E-state index is -0.306. The largest absolute Gasteiger partial charge is 0.335 e. The summed E-state index contributed by atoms with van der Waals surface area (Å²) in [5.41, 5.74) is 2.43. The van der Waals surface area contributed by atoms with E-state index in [1.807, 2.05) is 11.8 Å². The van der Waals surface area contributed by atoms with E-state index >= 15 is 0 Å². The first-order chi connectivity index (χ1) is 11.5. The van der Waals surface area contributed by atoms with Gasteiger partial charge in [0, 0.05) is 38.8 Å². The molecular weight excluding hydrogens is 307 g/mol. The Morgan fingerprint density at radius 3 is 2.58 bits per heavy atom. The highest BCUT2D eigenvalue weighted by Crippen LogP contribution is 2.25. The molecule has 1 fully saturated rings. The summed E-state index contributed by atoms with van der Waals surface area (Å²) < 4.78 is 15.7. The zero-order valence-corrected chi connectivity index (χ0v) is 14.4. The second-order valence-corrected chi connectivity index (χ2v) is 6.25. The Kier molecular flexibility index (Phi) is 4.66. The molecule has 0 unspecified atom stereocenters. The molecule has 128 valence electrons. The SMILES string of the molecule is CCN1CCN(C(=O)c2cc(-c3cc(C)ccc3F)n(C)n2)CC1. The minimum Gasteiger partial charge on any atom is -0.335 e. The molecule has 1 aromatic carbocycles. The van der Waals surface area contributed by atoms with Gasteiger partial charge in [-0.3, -0.25) is 9.48 Å². The van der Waals surface area contributed by atoms with Crippen molar-refractivity contribution in [1.82, 2.24) is 19.6 Å². The number of carbonyl (C=O) groups is 1. The smallest absolute Gasteiger partial charge is 0.274 e. The van der Waals surface area contributed by atoms with Crippen LogP contribution in [0, 0.1) is 12.7 Å². The fourth-order valence-electron chi connectivity index (χ4n) is 3.09. The number of benzene rings is 1. The van der Waals surface area contributed by atoms with Gasteiger partial charge in [0.2, 0.25) is 0 Å². The van der Waals surface area contributed by atoms with Crippen molar-refractivity contribution in [2.24, 2.45) is 7.05 Å². The Morgan fingerprint density at radius 1 is 1.21 bits per heavy atom. The molecule has 0 radical (unpaired) electrons. The third-order valence-corrected chi connectivity index (χ3v) is 4.60. The molecule has 0 aliphatic carbocycles. The number of rotatable bonds is 3. The number of hydrogen-bond donors (Lipinski definition) is 0. The third-order valence-electron chi connectivity index (χ3n) is 4.60. The maximum absolute atomic E-state index is 14.1. The lowest BCUT2D eigenvalue weighted by molar-refractivity contribution is 0.0637. The molecule has 0 N–H and O–H groups in total. The summed E-state index contributed by atoms with van der Waals surface area (Å²) >= 11 is 0. The zero-order valence-electron chi connectivity index (χ0n) is 14.4. The van der Waals surface area contributed by atoms with E-state index in [2.05, 4.69) is 16.9 Å². The van der Waals surface area contributed by atoms with Crippen LogP contribution < -0.4 is 0 Å². The van der Waals surface area contributed by atoms with Crippen LogP contribution in [0.25, 0.3) is 11.3 Å². The molecule has 2 aromatic rings. The summed E-state index contributed by atoms with van der Waals surface area (Å²) in [6, 6.07) is 6.64. The van der Waals surface area contributed by atoms with Gasteiger partial charge in [-0.1, -0.05) is 18.6 Å². The molecule has 24 heavy (non-hydrogen) atoms. The minimum absolute atomic E-state index is 0.0827. The summed E-state index contributed by atoms with van der Waals surface area (Å²) in [6.45, 7) is 8.22. The Bertz CT molecular complexity index is 747. The monoisotopic (exact) mass is 330 g/mol. The summed E-state index contributed by atoms with van der Waals surface area (Å²) in [7, 11) is 1.74. The van der Waals surface area contributed by atoms with Crippen molar-refractivity contribution < 1.29 is 9.18 Å². The van der Waals surface area contributed by atoms with Crippen LogP contribution in [-0.2, 0) is 7.05 Å². The van der Waals surface area contributed by atoms with Crippen LogP contribution in [0.15, 0.2) is 24.3 Å². The van der Waals surface area contributed by atoms with Gasteiger partial charge in [-0.25, -0.2) is 4.39 Å². The fraction of sp³-hybridized carbons (Fsp3) is 0.444. The maximum Gasteiger partial charge on any atom is 0.274 e. The lowest BCUT2D eigenvalue weighted by Crippen LogP contribution is -2.48. The van der Waals surface area contributed by atoms with Crippen LogP contribution in [-0.4, -0.2) is 58.2 Å². The van der Waals surface area contributed by atoms with Crippen molar-refractivity contribution in [3.8, 4) is 11.3 Å². The van der Waals surface area contributed by atoms with Crippen LogP contribution in [0.1, 0.15) is 23.0 Å². The number of carbonyl (C=O) groups excluding carboxylic acids is 1. The Balaban J connectivity index is 1.84. The van der Waals surface area contributed by atoms with Crippen molar-refractivity contribution in [3.63, 3.8) is 0 Å². The van der Waals surface area contributed by atoms with Crippen LogP contribution >= 0.6 is 0 Å². The Hall–Kier alpha value is -2.21. The first-order valence-corrected chi connectivity index (χ1v) is 8.31. The van der Waals surface area contributed by atoms with Gasteiger partial charge in [0.15, 0.2) is 5.69 Å². The van der Waals surface area contributed by atoms with Gasteiger partial charge in [0.25, 0.3) is 5.91 Å². The first-order valence-electron chi connectivity index (χ1n) is 8.31. The highest BCUT2D eigenvalue weighted by Gasteiger charge is 2.24. The standard InChI is InChI=1S/C18H23FN4O/c1-4-22-7-9-23(10-8-22)18(24)16-12-17(21(3)20-16)14-11-13(2)5-6-15(14)19/h5-6,11-12H,4,7-10H2,1-3H3. The molecule has 0 bridgehead atoms. The van der Waals surface area contributed by atoms with E-state index in [1.165, 1.54) is 6.07 Å². The van der Waals surface area contributed by atoms with Crippen LogP contribution in [0.2, 0.25) is 0 Å². The lowest BCUT2D eigenvalue weighted by atomic mass is 10.1. The maximum atomic E-state index is 14.1. The number of nitrogens with zero attached hydrogens (tertiary/aromatic N) is 4. The predicted octanol–water partition coefficient (Wildman–Crippen LogP) is 2.31. The van der Waals surface area contributed by atoms with Crippen molar-refractivity contribution in [3.05, 3.63) is 41.3 Å². The van der Waals surface area contributed by atoms with Crippen LogP contribution in [0.3, 0.4) is 0 Å². The van der Waals surface area contributed by atoms with E-state index in [4.69, 9.17) is 0 Å². The molecule has 0 atom stereocenters. The van der Waals surface area contributed by atoms with Crippen molar-refractivity contribution >= 4 is 5.91 Å². The molecule has 3 rings (SSSR count). The molecule has 1 saturated heterocycles. The van der Waals surface area contributed by atoms with Gasteiger partial charge in [-0.15, -0.1) is 0 Å². The van der Waals surface area contributed by atoms with E-state index in [0.717, 1.165) is 25.2 Å². The second kappa shape index (κ2) is 6.73. The van der Waals surface area contributed by atoms with Gasteiger partial charge in [0.1, 0.15) is 5.82 Å². The molecule has 1 aliphatic rings. The summed E-state index contributed by atoms with van der Waals surface area (Å²) in [5, 5.41) is 4.32.